The monoisotopic (exact) mass is 605 g/mol. The maximum absolute atomic E-state index is 14.5. The van der Waals surface area contributed by atoms with E-state index in [0.717, 1.165) is 83.5 Å². The highest BCUT2D eigenvalue weighted by Crippen LogP contribution is 2.55. The van der Waals surface area contributed by atoms with Gasteiger partial charge >= 0.3 is 5.97 Å². The van der Waals surface area contributed by atoms with Gasteiger partial charge in [0.25, 0.3) is 0 Å². The van der Waals surface area contributed by atoms with Gasteiger partial charge in [-0.2, -0.15) is 0 Å². The topological polar surface area (TPSA) is 88.9 Å². The lowest BCUT2D eigenvalue weighted by atomic mass is 9.67. The normalized spacial score (nSPS) is 25.0. The van der Waals surface area contributed by atoms with Gasteiger partial charge in [-0.1, -0.05) is 50.8 Å². The van der Waals surface area contributed by atoms with Crippen LogP contribution in [0.15, 0.2) is 54.8 Å². The van der Waals surface area contributed by atoms with Gasteiger partial charge in [0.2, 0.25) is 5.91 Å². The largest absolute Gasteiger partial charge is 0.504 e. The van der Waals surface area contributed by atoms with E-state index < -0.39 is 5.41 Å². The van der Waals surface area contributed by atoms with Crippen molar-refractivity contribution in [2.45, 2.75) is 82.7 Å². The highest BCUT2D eigenvalue weighted by Gasteiger charge is 2.62. The summed E-state index contributed by atoms with van der Waals surface area (Å²) in [6.45, 7) is 7.81. The van der Waals surface area contributed by atoms with Crippen molar-refractivity contribution in [2.24, 2.45) is 11.8 Å². The average molecular weight is 606 g/mol. The van der Waals surface area contributed by atoms with Crippen LogP contribution in [0.3, 0.4) is 0 Å². The van der Waals surface area contributed by atoms with E-state index in [4.69, 9.17) is 9.47 Å². The molecule has 3 aliphatic heterocycles. The van der Waals surface area contributed by atoms with Crippen LogP contribution in [0.4, 0.5) is 5.69 Å². The fourth-order valence-electron chi connectivity index (χ4n) is 8.03. The summed E-state index contributed by atoms with van der Waals surface area (Å²) in [6.07, 6.45) is 16.6. The molecule has 4 heterocycles. The Labute approximate surface area is 263 Å². The van der Waals surface area contributed by atoms with Crippen LogP contribution in [-0.2, 0) is 31.0 Å². The number of methoxy groups -OCH3 is 2. The number of para-hydroxylation sites is 1. The van der Waals surface area contributed by atoms with Crippen molar-refractivity contribution in [3.8, 4) is 0 Å². The molecule has 5 rings (SSSR count). The van der Waals surface area contributed by atoms with Crippen LogP contribution in [0.25, 0.3) is 0 Å². The van der Waals surface area contributed by atoms with Crippen LogP contribution in [0.1, 0.15) is 70.3 Å². The molecule has 1 aromatic heterocycles. The minimum absolute atomic E-state index is 0.0104. The Morgan fingerprint density at radius 1 is 1.09 bits per heavy atom. The van der Waals surface area contributed by atoms with Crippen molar-refractivity contribution in [2.75, 3.05) is 51.8 Å². The van der Waals surface area contributed by atoms with Crippen molar-refractivity contribution in [1.29, 1.82) is 0 Å². The highest BCUT2D eigenvalue weighted by atomic mass is 16.5. The SMILES string of the molecule is CC[C@H]1CN2CC[C@]3(C(=O)N(CCCCCCCNCCCn4ccnc4)c4ccccc43)C2C[C@@H]1/C(=C\OC)C(=O)OC. The lowest BCUT2D eigenvalue weighted by Gasteiger charge is -2.45. The number of benzene rings is 1. The van der Waals surface area contributed by atoms with Crippen LogP contribution < -0.4 is 10.2 Å². The van der Waals surface area contributed by atoms with Crippen LogP contribution in [-0.4, -0.2) is 79.3 Å². The summed E-state index contributed by atoms with van der Waals surface area (Å²) in [5.41, 5.74) is 2.27. The highest BCUT2D eigenvalue weighted by molar-refractivity contribution is 6.09. The first-order chi connectivity index (χ1) is 21.5. The van der Waals surface area contributed by atoms with Gasteiger partial charge in [-0.15, -0.1) is 0 Å². The number of aryl methyl sites for hydroxylation is 1. The number of nitrogens with zero attached hydrogens (tertiary/aromatic N) is 4. The number of ether oxygens (including phenoxy) is 2. The molecule has 2 aromatic rings. The number of nitrogens with one attached hydrogen (secondary N) is 1. The molecule has 9 heteroatoms. The minimum Gasteiger partial charge on any atom is -0.504 e. The van der Waals surface area contributed by atoms with Crippen molar-refractivity contribution in [3.05, 3.63) is 60.4 Å². The molecule has 44 heavy (non-hydrogen) atoms. The molecule has 3 aliphatic rings. The van der Waals surface area contributed by atoms with E-state index in [9.17, 15) is 9.59 Å². The molecule has 1 aromatic carbocycles. The third-order valence-electron chi connectivity index (χ3n) is 10.3. The third-order valence-corrected chi connectivity index (χ3v) is 10.3. The summed E-state index contributed by atoms with van der Waals surface area (Å²) in [6, 6.07) is 8.48. The van der Waals surface area contributed by atoms with E-state index in [2.05, 4.69) is 55.9 Å². The van der Waals surface area contributed by atoms with Gasteiger partial charge in [0.05, 0.1) is 37.8 Å². The van der Waals surface area contributed by atoms with Gasteiger partial charge in [-0.05, 0) is 75.2 Å². The van der Waals surface area contributed by atoms with Gasteiger partial charge < -0.3 is 24.3 Å². The van der Waals surface area contributed by atoms with Crippen LogP contribution in [0.5, 0.6) is 0 Å². The molecule has 0 aliphatic carbocycles. The number of esters is 1. The first-order valence-corrected chi connectivity index (χ1v) is 16.7. The van der Waals surface area contributed by atoms with Gasteiger partial charge in [0, 0.05) is 43.8 Å². The molecular weight excluding hydrogens is 554 g/mol. The number of hydrogen-bond acceptors (Lipinski definition) is 7. The lowest BCUT2D eigenvalue weighted by molar-refractivity contribution is -0.137. The molecule has 1 unspecified atom stereocenters. The molecule has 0 saturated carbocycles. The number of rotatable bonds is 16. The Morgan fingerprint density at radius 2 is 1.89 bits per heavy atom. The zero-order chi connectivity index (χ0) is 30.9. The minimum atomic E-state index is -0.564. The van der Waals surface area contributed by atoms with Gasteiger partial charge in [0.15, 0.2) is 0 Å². The number of unbranched alkanes of at least 4 members (excludes halogenated alkanes) is 4. The number of imidazole rings is 1. The number of piperidine rings is 1. The molecule has 1 N–H and O–H groups in total. The maximum atomic E-state index is 14.5. The molecule has 1 spiro atoms. The average Bonchev–Trinajstić information content (AvgIpc) is 3.76. The smallest absolute Gasteiger partial charge is 0.337 e. The second-order valence-electron chi connectivity index (χ2n) is 12.7. The summed E-state index contributed by atoms with van der Waals surface area (Å²) in [7, 11) is 3.00. The lowest BCUT2D eigenvalue weighted by Crippen LogP contribution is -2.55. The second-order valence-corrected chi connectivity index (χ2v) is 12.7. The fourth-order valence-corrected chi connectivity index (χ4v) is 8.03. The Balaban J connectivity index is 1.16. The fraction of sp³-hybridized carbons (Fsp3) is 0.629. The number of amides is 1. The number of aromatic nitrogens is 2. The predicted octanol–water partition coefficient (Wildman–Crippen LogP) is 4.92. The number of carbonyl (C=O) groups is 2. The molecule has 2 saturated heterocycles. The van der Waals surface area contributed by atoms with E-state index in [0.29, 0.717) is 11.5 Å². The maximum Gasteiger partial charge on any atom is 0.337 e. The molecule has 1 amide bonds. The summed E-state index contributed by atoms with van der Waals surface area (Å²) < 4.78 is 12.6. The van der Waals surface area contributed by atoms with E-state index in [1.54, 1.807) is 13.4 Å². The van der Waals surface area contributed by atoms with E-state index >= 15 is 0 Å². The molecule has 240 valence electrons. The first kappa shape index (κ1) is 32.2. The van der Waals surface area contributed by atoms with Gasteiger partial charge in [-0.25, -0.2) is 9.78 Å². The number of carbonyl (C=O) groups excluding carboxylic acids is 2. The molecule has 2 fully saturated rings. The summed E-state index contributed by atoms with van der Waals surface area (Å²) in [4.78, 5) is 36.0. The summed E-state index contributed by atoms with van der Waals surface area (Å²) in [5.74, 6) is 0.207. The summed E-state index contributed by atoms with van der Waals surface area (Å²) >= 11 is 0. The van der Waals surface area contributed by atoms with Crippen LogP contribution in [0, 0.1) is 11.8 Å². The van der Waals surface area contributed by atoms with Crippen LogP contribution in [0.2, 0.25) is 0 Å². The van der Waals surface area contributed by atoms with Gasteiger partial charge in [0.1, 0.15) is 0 Å². The van der Waals surface area contributed by atoms with Crippen molar-refractivity contribution >= 4 is 17.6 Å². The molecular formula is C35H51N5O4. The number of anilines is 1. The second kappa shape index (κ2) is 15.2. The van der Waals surface area contributed by atoms with E-state index in [1.807, 2.05) is 18.7 Å². The Kier molecular flexibility index (Phi) is 11.1. The third kappa shape index (κ3) is 6.59. The van der Waals surface area contributed by atoms with E-state index in [1.165, 1.54) is 31.9 Å². The van der Waals surface area contributed by atoms with Crippen molar-refractivity contribution in [1.82, 2.24) is 19.8 Å². The molecule has 0 bridgehead atoms. The Hall–Kier alpha value is -3.17. The first-order valence-electron chi connectivity index (χ1n) is 16.7. The van der Waals surface area contributed by atoms with Crippen LogP contribution >= 0.6 is 0 Å². The molecule has 9 nitrogen and oxygen atoms in total. The van der Waals surface area contributed by atoms with E-state index in [-0.39, 0.29) is 23.8 Å². The number of fused-ring (bicyclic) bond motifs is 4. The van der Waals surface area contributed by atoms with Crippen molar-refractivity contribution < 1.29 is 19.1 Å². The Bertz CT molecular complexity index is 1260. The number of hydrogen-bond donors (Lipinski definition) is 1. The zero-order valence-corrected chi connectivity index (χ0v) is 26.9. The molecule has 4 atom stereocenters. The predicted molar refractivity (Wildman–Crippen MR) is 172 cm³/mol. The van der Waals surface area contributed by atoms with Crippen molar-refractivity contribution in [3.63, 3.8) is 0 Å². The standard InChI is InChI=1S/C35H51N5O4/c1-4-27-24-39-21-15-35(32(39)23-28(27)29(25-43-2)33(41)44-3)30-13-8-9-14-31(30)40(34(35)42)20-11-7-5-6-10-16-36-17-12-19-38-22-18-37-26-38/h8-9,13-14,18,22,25-28,32,36H,4-7,10-12,15-17,19-21,23-24H2,1-3H3/b29-25+/t27-,28-,32?,35+/m0/s1. The van der Waals surface area contributed by atoms with Gasteiger partial charge in [-0.3, -0.25) is 9.69 Å². The quantitative estimate of drug-likeness (QED) is 0.126. The summed E-state index contributed by atoms with van der Waals surface area (Å²) in [5, 5.41) is 3.56. The Morgan fingerprint density at radius 3 is 2.66 bits per heavy atom. The zero-order valence-electron chi connectivity index (χ0n) is 26.9. The molecule has 0 radical (unpaired) electrons.